The first-order valence-corrected chi connectivity index (χ1v) is 9.28. The molecule has 0 radical (unpaired) electrons. The number of aromatic hydroxyl groups is 1. The molecule has 0 amide bonds. The Kier molecular flexibility index (Phi) is 10.5. The molecule has 1 aromatic carbocycles. The lowest BCUT2D eigenvalue weighted by atomic mass is 10.0. The quantitative estimate of drug-likeness (QED) is 0.472. The summed E-state index contributed by atoms with van der Waals surface area (Å²) < 4.78 is 5.12. The third-order valence-corrected chi connectivity index (χ3v) is 4.37. The van der Waals surface area contributed by atoms with Gasteiger partial charge in [-0.15, -0.1) is 0 Å². The molecule has 24 heavy (non-hydrogen) atoms. The third-order valence-electron chi connectivity index (χ3n) is 4.37. The van der Waals surface area contributed by atoms with Crippen molar-refractivity contribution >= 4 is 0 Å². The van der Waals surface area contributed by atoms with Gasteiger partial charge in [0.05, 0.1) is 19.3 Å². The smallest absolute Gasteiger partial charge is 0.122 e. The van der Waals surface area contributed by atoms with E-state index in [1.165, 1.54) is 12.8 Å². The zero-order valence-electron chi connectivity index (χ0n) is 15.2. The lowest BCUT2D eigenvalue weighted by molar-refractivity contribution is 0.143. The molecular formula is C20H34O4. The summed E-state index contributed by atoms with van der Waals surface area (Å²) in [6.45, 7) is 2.17. The summed E-state index contributed by atoms with van der Waals surface area (Å²) in [6.07, 6.45) is 8.97. The Morgan fingerprint density at radius 3 is 2.12 bits per heavy atom. The summed E-state index contributed by atoms with van der Waals surface area (Å²) in [4.78, 5) is 0. The van der Waals surface area contributed by atoms with Crippen molar-refractivity contribution in [2.24, 2.45) is 0 Å². The standard InChI is InChI=1S/C20H34O4/c1-3-4-6-9-17(21)10-7-5-8-11-18(22)12-16-13-19(23)15-20(14-16)24-2/h13-15,17-18,21-23H,3-12H2,1-2H3. The number of phenols is 1. The number of aliphatic hydroxyl groups excluding tert-OH is 2. The van der Waals surface area contributed by atoms with Crippen LogP contribution >= 0.6 is 0 Å². The Hall–Kier alpha value is -1.26. The highest BCUT2D eigenvalue weighted by atomic mass is 16.5. The fourth-order valence-corrected chi connectivity index (χ4v) is 2.96. The van der Waals surface area contributed by atoms with Crippen molar-refractivity contribution in [3.8, 4) is 11.5 Å². The molecule has 0 saturated carbocycles. The molecule has 1 rings (SSSR count). The second-order valence-electron chi connectivity index (χ2n) is 6.68. The van der Waals surface area contributed by atoms with Gasteiger partial charge in [-0.2, -0.15) is 0 Å². The van der Waals surface area contributed by atoms with Crippen LogP contribution in [0.3, 0.4) is 0 Å². The maximum absolute atomic E-state index is 10.1. The number of unbranched alkanes of at least 4 members (excludes halogenated alkanes) is 4. The van der Waals surface area contributed by atoms with E-state index in [0.717, 1.165) is 50.5 Å². The van der Waals surface area contributed by atoms with Gasteiger partial charge < -0.3 is 20.1 Å². The second-order valence-corrected chi connectivity index (χ2v) is 6.68. The summed E-state index contributed by atoms with van der Waals surface area (Å²) in [7, 11) is 1.56. The molecule has 2 atom stereocenters. The lowest BCUT2D eigenvalue weighted by Crippen LogP contribution is -2.10. The highest BCUT2D eigenvalue weighted by Crippen LogP contribution is 2.23. The van der Waals surface area contributed by atoms with E-state index in [-0.39, 0.29) is 11.9 Å². The molecule has 0 saturated heterocycles. The largest absolute Gasteiger partial charge is 0.508 e. The average Bonchev–Trinajstić information content (AvgIpc) is 2.54. The molecule has 0 aromatic heterocycles. The first kappa shape index (κ1) is 20.8. The van der Waals surface area contributed by atoms with Crippen molar-refractivity contribution in [3.05, 3.63) is 23.8 Å². The van der Waals surface area contributed by atoms with Crippen LogP contribution in [0.2, 0.25) is 0 Å². The Morgan fingerprint density at radius 2 is 1.50 bits per heavy atom. The predicted molar refractivity (Wildman–Crippen MR) is 97.6 cm³/mol. The minimum Gasteiger partial charge on any atom is -0.508 e. The van der Waals surface area contributed by atoms with E-state index in [9.17, 15) is 15.3 Å². The van der Waals surface area contributed by atoms with Gasteiger partial charge in [-0.3, -0.25) is 0 Å². The van der Waals surface area contributed by atoms with Crippen LogP contribution in [-0.4, -0.2) is 34.6 Å². The van der Waals surface area contributed by atoms with Crippen molar-refractivity contribution < 1.29 is 20.1 Å². The van der Waals surface area contributed by atoms with Gasteiger partial charge in [0.2, 0.25) is 0 Å². The van der Waals surface area contributed by atoms with Crippen molar-refractivity contribution in [2.45, 2.75) is 83.3 Å². The average molecular weight is 338 g/mol. The molecule has 3 N–H and O–H groups in total. The summed E-state index contributed by atoms with van der Waals surface area (Å²) in [5.74, 6) is 0.767. The van der Waals surface area contributed by atoms with E-state index in [1.807, 2.05) is 6.07 Å². The molecule has 0 bridgehead atoms. The van der Waals surface area contributed by atoms with Crippen LogP contribution in [0.1, 0.15) is 70.3 Å². The lowest BCUT2D eigenvalue weighted by Gasteiger charge is -2.13. The zero-order valence-corrected chi connectivity index (χ0v) is 15.2. The van der Waals surface area contributed by atoms with Crippen LogP contribution in [0, 0.1) is 0 Å². The zero-order chi connectivity index (χ0) is 17.8. The number of hydrogen-bond donors (Lipinski definition) is 3. The van der Waals surface area contributed by atoms with Gasteiger partial charge in [-0.25, -0.2) is 0 Å². The molecular weight excluding hydrogens is 304 g/mol. The van der Waals surface area contributed by atoms with E-state index in [1.54, 1.807) is 19.2 Å². The maximum Gasteiger partial charge on any atom is 0.122 e. The summed E-state index contributed by atoms with van der Waals surface area (Å²) in [6, 6.07) is 5.07. The molecule has 0 spiro atoms. The topological polar surface area (TPSA) is 69.9 Å². The molecule has 0 fully saturated rings. The minimum atomic E-state index is -0.411. The summed E-state index contributed by atoms with van der Waals surface area (Å²) >= 11 is 0. The van der Waals surface area contributed by atoms with E-state index in [0.29, 0.717) is 12.2 Å². The van der Waals surface area contributed by atoms with Gasteiger partial charge in [-0.05, 0) is 43.4 Å². The number of rotatable bonds is 13. The molecule has 0 aliphatic heterocycles. The van der Waals surface area contributed by atoms with Gasteiger partial charge in [0.25, 0.3) is 0 Å². The Balaban J connectivity index is 2.16. The Bertz CT molecular complexity index is 447. The number of hydrogen-bond acceptors (Lipinski definition) is 4. The third kappa shape index (κ3) is 9.14. The molecule has 0 aliphatic carbocycles. The van der Waals surface area contributed by atoms with Crippen molar-refractivity contribution in [3.63, 3.8) is 0 Å². The second kappa shape index (κ2) is 12.2. The number of methoxy groups -OCH3 is 1. The highest BCUT2D eigenvalue weighted by Gasteiger charge is 2.09. The van der Waals surface area contributed by atoms with Gasteiger partial charge in [0, 0.05) is 6.07 Å². The number of benzene rings is 1. The van der Waals surface area contributed by atoms with E-state index < -0.39 is 6.10 Å². The molecule has 0 heterocycles. The van der Waals surface area contributed by atoms with Crippen molar-refractivity contribution in [1.29, 1.82) is 0 Å². The van der Waals surface area contributed by atoms with E-state index in [4.69, 9.17) is 4.74 Å². The van der Waals surface area contributed by atoms with Gasteiger partial charge in [0.1, 0.15) is 11.5 Å². The summed E-state index contributed by atoms with van der Waals surface area (Å²) in [5, 5.41) is 29.6. The van der Waals surface area contributed by atoms with Crippen molar-refractivity contribution in [1.82, 2.24) is 0 Å². The van der Waals surface area contributed by atoms with Crippen LogP contribution in [0.4, 0.5) is 0 Å². The monoisotopic (exact) mass is 338 g/mol. The SMILES string of the molecule is CCCCCC(O)CCCCCC(O)Cc1cc(O)cc(OC)c1. The first-order valence-electron chi connectivity index (χ1n) is 9.28. The van der Waals surface area contributed by atoms with Crippen LogP contribution in [0.5, 0.6) is 11.5 Å². The van der Waals surface area contributed by atoms with Crippen LogP contribution < -0.4 is 4.74 Å². The molecule has 138 valence electrons. The Morgan fingerprint density at radius 1 is 0.875 bits per heavy atom. The minimum absolute atomic E-state index is 0.161. The first-order chi connectivity index (χ1) is 11.5. The number of ether oxygens (including phenoxy) is 1. The predicted octanol–water partition coefficient (Wildman–Crippen LogP) is 4.20. The molecule has 4 heteroatoms. The fourth-order valence-electron chi connectivity index (χ4n) is 2.96. The normalized spacial score (nSPS) is 13.7. The van der Waals surface area contributed by atoms with E-state index >= 15 is 0 Å². The molecule has 1 aromatic rings. The molecule has 2 unspecified atom stereocenters. The molecule has 4 nitrogen and oxygen atoms in total. The fraction of sp³-hybridized carbons (Fsp3) is 0.700. The van der Waals surface area contributed by atoms with Gasteiger partial charge in [0.15, 0.2) is 0 Å². The van der Waals surface area contributed by atoms with Gasteiger partial charge in [-0.1, -0.05) is 45.4 Å². The number of phenolic OH excluding ortho intramolecular Hbond substituents is 1. The van der Waals surface area contributed by atoms with Crippen LogP contribution in [-0.2, 0) is 6.42 Å². The van der Waals surface area contributed by atoms with Gasteiger partial charge >= 0.3 is 0 Å². The van der Waals surface area contributed by atoms with Crippen LogP contribution in [0.15, 0.2) is 18.2 Å². The highest BCUT2D eigenvalue weighted by molar-refractivity contribution is 5.37. The maximum atomic E-state index is 10.1. The molecule has 0 aliphatic rings. The summed E-state index contributed by atoms with van der Waals surface area (Å²) in [5.41, 5.74) is 0.880. The Labute approximate surface area is 146 Å². The number of aliphatic hydroxyl groups is 2. The van der Waals surface area contributed by atoms with Crippen molar-refractivity contribution in [2.75, 3.05) is 7.11 Å². The van der Waals surface area contributed by atoms with E-state index in [2.05, 4.69) is 6.92 Å². The van der Waals surface area contributed by atoms with Crippen LogP contribution in [0.25, 0.3) is 0 Å².